The van der Waals surface area contributed by atoms with Gasteiger partial charge >= 0.3 is 0 Å². The maximum atomic E-state index is 13.8. The van der Waals surface area contributed by atoms with Crippen molar-refractivity contribution in [2.24, 2.45) is 0 Å². The van der Waals surface area contributed by atoms with Gasteiger partial charge in [-0.05, 0) is 24.6 Å². The fourth-order valence-corrected chi connectivity index (χ4v) is 1.61. The first-order valence-electron chi connectivity index (χ1n) is 5.85. The minimum absolute atomic E-state index is 0.0807. The molecule has 1 aromatic carbocycles. The molecule has 1 aromatic rings. The molecule has 0 aliphatic carbocycles. The fraction of sp³-hybridized carbons (Fsp3) is 0.462. The van der Waals surface area contributed by atoms with E-state index >= 15 is 0 Å². The molecule has 4 nitrogen and oxygen atoms in total. The maximum absolute atomic E-state index is 13.8. The number of benzene rings is 1. The molecule has 0 heterocycles. The Bertz CT molecular complexity index is 421. The molecule has 0 bridgehead atoms. The Labute approximate surface area is 106 Å². The van der Waals surface area contributed by atoms with Crippen LogP contribution in [-0.4, -0.2) is 31.7 Å². The molecular formula is C13H19FN2O2. The summed E-state index contributed by atoms with van der Waals surface area (Å²) in [5.41, 5.74) is 0.958. The van der Waals surface area contributed by atoms with Gasteiger partial charge in [0, 0.05) is 27.1 Å². The van der Waals surface area contributed by atoms with Gasteiger partial charge in [0.05, 0.1) is 11.8 Å². The summed E-state index contributed by atoms with van der Waals surface area (Å²) >= 11 is 0. The lowest BCUT2D eigenvalue weighted by Gasteiger charge is -2.20. The number of aliphatic hydroxyl groups is 1. The van der Waals surface area contributed by atoms with Crippen LogP contribution in [0.15, 0.2) is 18.2 Å². The number of aliphatic hydroxyl groups excluding tert-OH is 1. The summed E-state index contributed by atoms with van der Waals surface area (Å²) < 4.78 is 13.8. The first-order chi connectivity index (χ1) is 8.45. The van der Waals surface area contributed by atoms with Gasteiger partial charge in [0.1, 0.15) is 5.82 Å². The van der Waals surface area contributed by atoms with Gasteiger partial charge in [-0.1, -0.05) is 6.07 Å². The summed E-state index contributed by atoms with van der Waals surface area (Å²) in [6.45, 7) is 2.02. The molecule has 0 aliphatic rings. The number of rotatable bonds is 5. The highest BCUT2D eigenvalue weighted by molar-refractivity contribution is 5.76. The molecule has 1 atom stereocenters. The van der Waals surface area contributed by atoms with Gasteiger partial charge in [-0.3, -0.25) is 4.79 Å². The molecule has 100 valence electrons. The predicted molar refractivity (Wildman–Crippen MR) is 69.0 cm³/mol. The SMILES string of the molecule is CNC(=O)CCN(C)c1ccc([C@H](C)O)cc1F. The van der Waals surface area contributed by atoms with Crippen molar-refractivity contribution >= 4 is 11.6 Å². The first kappa shape index (κ1) is 14.4. The summed E-state index contributed by atoms with van der Waals surface area (Å²) in [4.78, 5) is 12.8. The number of hydrogen-bond acceptors (Lipinski definition) is 3. The molecule has 0 radical (unpaired) electrons. The Morgan fingerprint density at radius 2 is 2.22 bits per heavy atom. The van der Waals surface area contributed by atoms with Gasteiger partial charge in [-0.2, -0.15) is 0 Å². The van der Waals surface area contributed by atoms with E-state index in [2.05, 4.69) is 5.32 Å². The van der Waals surface area contributed by atoms with Crippen molar-refractivity contribution in [2.45, 2.75) is 19.4 Å². The van der Waals surface area contributed by atoms with Crippen molar-refractivity contribution < 1.29 is 14.3 Å². The molecule has 5 heteroatoms. The largest absolute Gasteiger partial charge is 0.389 e. The zero-order valence-electron chi connectivity index (χ0n) is 10.9. The number of halogens is 1. The molecule has 0 unspecified atom stereocenters. The molecule has 18 heavy (non-hydrogen) atoms. The Morgan fingerprint density at radius 3 is 2.72 bits per heavy atom. The highest BCUT2D eigenvalue weighted by Gasteiger charge is 2.11. The van der Waals surface area contributed by atoms with Crippen LogP contribution < -0.4 is 10.2 Å². The number of hydrogen-bond donors (Lipinski definition) is 2. The average molecular weight is 254 g/mol. The highest BCUT2D eigenvalue weighted by atomic mass is 19.1. The zero-order valence-corrected chi connectivity index (χ0v) is 10.9. The standard InChI is InChI=1S/C13H19FN2O2/c1-9(17)10-4-5-12(11(14)8-10)16(3)7-6-13(18)15-2/h4-5,8-9,17H,6-7H2,1-3H3,(H,15,18)/t9-/m0/s1. The molecule has 0 saturated carbocycles. The van der Waals surface area contributed by atoms with Crippen LogP contribution in [-0.2, 0) is 4.79 Å². The summed E-state index contributed by atoms with van der Waals surface area (Å²) in [5, 5.41) is 11.9. The molecule has 0 spiro atoms. The van der Waals surface area contributed by atoms with Crippen molar-refractivity contribution in [3.05, 3.63) is 29.6 Å². The Hall–Kier alpha value is -1.62. The van der Waals surface area contributed by atoms with Crippen LogP contribution in [0.1, 0.15) is 25.0 Å². The first-order valence-corrected chi connectivity index (χ1v) is 5.85. The number of carbonyl (C=O) groups excluding carboxylic acids is 1. The minimum Gasteiger partial charge on any atom is -0.389 e. The van der Waals surface area contributed by atoms with Crippen LogP contribution >= 0.6 is 0 Å². The minimum atomic E-state index is -0.690. The Balaban J connectivity index is 2.74. The van der Waals surface area contributed by atoms with E-state index in [4.69, 9.17) is 0 Å². The van der Waals surface area contributed by atoms with Crippen molar-refractivity contribution in [3.63, 3.8) is 0 Å². The summed E-state index contributed by atoms with van der Waals surface area (Å²) in [6.07, 6.45) is -0.380. The fourth-order valence-electron chi connectivity index (χ4n) is 1.61. The van der Waals surface area contributed by atoms with Crippen molar-refractivity contribution in [2.75, 3.05) is 25.5 Å². The predicted octanol–water partition coefficient (Wildman–Crippen LogP) is 1.45. The topological polar surface area (TPSA) is 52.6 Å². The van der Waals surface area contributed by atoms with E-state index in [-0.39, 0.29) is 5.91 Å². The smallest absolute Gasteiger partial charge is 0.221 e. The van der Waals surface area contributed by atoms with E-state index in [0.717, 1.165) is 0 Å². The second kappa shape index (κ2) is 6.35. The number of anilines is 1. The van der Waals surface area contributed by atoms with E-state index in [1.807, 2.05) is 0 Å². The molecule has 1 amide bonds. The van der Waals surface area contributed by atoms with Crippen molar-refractivity contribution in [1.29, 1.82) is 0 Å². The lowest BCUT2D eigenvalue weighted by molar-refractivity contribution is -0.120. The normalized spacial score (nSPS) is 12.1. The number of carbonyl (C=O) groups is 1. The van der Waals surface area contributed by atoms with Crippen LogP contribution in [0.4, 0.5) is 10.1 Å². The van der Waals surface area contributed by atoms with Crippen LogP contribution in [0.5, 0.6) is 0 Å². The van der Waals surface area contributed by atoms with Crippen LogP contribution in [0.2, 0.25) is 0 Å². The van der Waals surface area contributed by atoms with E-state index < -0.39 is 11.9 Å². The van der Waals surface area contributed by atoms with Gasteiger partial charge in [0.25, 0.3) is 0 Å². The van der Waals surface area contributed by atoms with Gasteiger partial charge in [-0.25, -0.2) is 4.39 Å². The third-order valence-electron chi connectivity index (χ3n) is 2.82. The highest BCUT2D eigenvalue weighted by Crippen LogP contribution is 2.22. The maximum Gasteiger partial charge on any atom is 0.221 e. The number of amides is 1. The van der Waals surface area contributed by atoms with Crippen molar-refractivity contribution in [3.8, 4) is 0 Å². The lowest BCUT2D eigenvalue weighted by atomic mass is 10.1. The molecule has 0 aliphatic heterocycles. The van der Waals surface area contributed by atoms with Gasteiger partial charge in [-0.15, -0.1) is 0 Å². The second-order valence-corrected chi connectivity index (χ2v) is 4.23. The number of nitrogens with zero attached hydrogens (tertiary/aromatic N) is 1. The van der Waals surface area contributed by atoms with Crippen LogP contribution in [0, 0.1) is 5.82 Å². The third-order valence-corrected chi connectivity index (χ3v) is 2.82. The molecule has 0 saturated heterocycles. The average Bonchev–Trinajstić information content (AvgIpc) is 2.35. The monoisotopic (exact) mass is 254 g/mol. The van der Waals surface area contributed by atoms with E-state index in [1.165, 1.54) is 6.07 Å². The molecule has 0 aromatic heterocycles. The zero-order chi connectivity index (χ0) is 13.7. The van der Waals surface area contributed by atoms with E-state index in [1.54, 1.807) is 38.1 Å². The lowest BCUT2D eigenvalue weighted by Crippen LogP contribution is -2.26. The van der Waals surface area contributed by atoms with Gasteiger partial charge in [0.15, 0.2) is 0 Å². The van der Waals surface area contributed by atoms with Gasteiger partial charge in [0.2, 0.25) is 5.91 Å². The summed E-state index contributed by atoms with van der Waals surface area (Å²) in [7, 11) is 3.30. The van der Waals surface area contributed by atoms with Crippen LogP contribution in [0.3, 0.4) is 0 Å². The third kappa shape index (κ3) is 3.70. The molecular weight excluding hydrogens is 235 g/mol. The van der Waals surface area contributed by atoms with Gasteiger partial charge < -0.3 is 15.3 Å². The van der Waals surface area contributed by atoms with Crippen LogP contribution in [0.25, 0.3) is 0 Å². The Kier molecular flexibility index (Phi) is 5.09. The van der Waals surface area contributed by atoms with E-state index in [9.17, 15) is 14.3 Å². The molecule has 2 N–H and O–H groups in total. The molecule has 0 fully saturated rings. The van der Waals surface area contributed by atoms with Crippen molar-refractivity contribution in [1.82, 2.24) is 5.32 Å². The molecule has 1 rings (SSSR count). The second-order valence-electron chi connectivity index (χ2n) is 4.23. The summed E-state index contributed by atoms with van der Waals surface area (Å²) in [6, 6.07) is 4.61. The number of nitrogens with one attached hydrogen (secondary N) is 1. The van der Waals surface area contributed by atoms with E-state index in [0.29, 0.717) is 24.2 Å². The summed E-state index contributed by atoms with van der Waals surface area (Å²) in [5.74, 6) is -0.476. The quantitative estimate of drug-likeness (QED) is 0.836. The Morgan fingerprint density at radius 1 is 1.56 bits per heavy atom.